The molecule has 0 spiro atoms. The van der Waals surface area contributed by atoms with Crippen LogP contribution in [0.2, 0.25) is 0 Å². The Hall–Kier alpha value is -3.68. The van der Waals surface area contributed by atoms with Gasteiger partial charge in [-0.3, -0.25) is 19.7 Å². The quantitative estimate of drug-likeness (QED) is 0.395. The molecule has 0 saturated carbocycles. The molecule has 0 aliphatic carbocycles. The standard InChI is InChI=1S/C20H18N2O6/c1-12-7-17-14(10-27-18(17)8-13(12)2)9-20(24)28-11-19(23)21-15-3-5-16(6-4-15)22(25)26/h3-8,10H,9,11H2,1-2H3,(H,21,23). The smallest absolute Gasteiger partial charge is 0.310 e. The number of carbonyl (C=O) groups excluding carboxylic acids is 2. The van der Waals surface area contributed by atoms with E-state index in [-0.39, 0.29) is 12.1 Å². The van der Waals surface area contributed by atoms with Crippen LogP contribution < -0.4 is 5.32 Å². The summed E-state index contributed by atoms with van der Waals surface area (Å²) in [5.74, 6) is -1.09. The number of non-ortho nitro benzene ring substituents is 1. The normalized spacial score (nSPS) is 10.6. The minimum atomic E-state index is -0.556. The Balaban J connectivity index is 1.55. The van der Waals surface area contributed by atoms with Crippen molar-refractivity contribution in [2.24, 2.45) is 0 Å². The maximum atomic E-state index is 12.1. The number of carbonyl (C=O) groups is 2. The highest BCUT2D eigenvalue weighted by molar-refractivity contribution is 5.93. The first kappa shape index (κ1) is 19.1. The molecule has 3 aromatic rings. The van der Waals surface area contributed by atoms with Crippen molar-refractivity contribution >= 4 is 34.2 Å². The van der Waals surface area contributed by atoms with Crippen LogP contribution in [0.1, 0.15) is 16.7 Å². The monoisotopic (exact) mass is 382 g/mol. The average molecular weight is 382 g/mol. The molecule has 0 aliphatic rings. The molecule has 0 bridgehead atoms. The van der Waals surface area contributed by atoms with E-state index < -0.39 is 23.4 Å². The summed E-state index contributed by atoms with van der Waals surface area (Å²) in [6, 6.07) is 9.22. The van der Waals surface area contributed by atoms with Gasteiger partial charge in [0.2, 0.25) is 0 Å². The van der Waals surface area contributed by atoms with Crippen molar-refractivity contribution in [3.63, 3.8) is 0 Å². The molecule has 28 heavy (non-hydrogen) atoms. The highest BCUT2D eigenvalue weighted by Gasteiger charge is 2.14. The first-order valence-electron chi connectivity index (χ1n) is 8.51. The number of nitrogens with zero attached hydrogens (tertiary/aromatic N) is 1. The third-order valence-corrected chi connectivity index (χ3v) is 4.33. The van der Waals surface area contributed by atoms with Gasteiger partial charge in [-0.2, -0.15) is 0 Å². The van der Waals surface area contributed by atoms with Gasteiger partial charge in [-0.15, -0.1) is 0 Å². The van der Waals surface area contributed by atoms with Gasteiger partial charge >= 0.3 is 5.97 Å². The maximum Gasteiger partial charge on any atom is 0.310 e. The summed E-state index contributed by atoms with van der Waals surface area (Å²) in [6.07, 6.45) is 1.50. The molecular formula is C20H18N2O6. The number of rotatable bonds is 6. The number of aryl methyl sites for hydroxylation is 2. The van der Waals surface area contributed by atoms with Gasteiger partial charge in [-0.1, -0.05) is 0 Å². The molecular weight excluding hydrogens is 364 g/mol. The number of nitro benzene ring substituents is 1. The molecule has 8 heteroatoms. The predicted molar refractivity (Wildman–Crippen MR) is 102 cm³/mol. The van der Waals surface area contributed by atoms with E-state index in [1.807, 2.05) is 26.0 Å². The van der Waals surface area contributed by atoms with E-state index in [1.165, 1.54) is 30.5 Å². The Morgan fingerprint density at radius 3 is 2.50 bits per heavy atom. The van der Waals surface area contributed by atoms with Gasteiger partial charge < -0.3 is 14.5 Å². The maximum absolute atomic E-state index is 12.1. The predicted octanol–water partition coefficient (Wildman–Crippen LogP) is 3.68. The van der Waals surface area contributed by atoms with E-state index in [0.29, 0.717) is 16.8 Å². The van der Waals surface area contributed by atoms with E-state index in [0.717, 1.165) is 16.5 Å². The molecule has 2 aromatic carbocycles. The summed E-state index contributed by atoms with van der Waals surface area (Å²) in [6.45, 7) is 3.50. The third kappa shape index (κ3) is 4.35. The van der Waals surface area contributed by atoms with Crippen LogP contribution in [-0.2, 0) is 20.7 Å². The summed E-state index contributed by atoms with van der Waals surface area (Å²) in [5.41, 5.74) is 3.87. The fraction of sp³-hybridized carbons (Fsp3) is 0.200. The largest absolute Gasteiger partial charge is 0.464 e. The molecule has 3 rings (SSSR count). The Kier molecular flexibility index (Phi) is 5.39. The zero-order valence-corrected chi connectivity index (χ0v) is 15.4. The van der Waals surface area contributed by atoms with Gasteiger partial charge in [0.1, 0.15) is 5.58 Å². The minimum absolute atomic E-state index is 0.0136. The third-order valence-electron chi connectivity index (χ3n) is 4.33. The second kappa shape index (κ2) is 7.91. The zero-order chi connectivity index (χ0) is 20.3. The summed E-state index contributed by atoms with van der Waals surface area (Å²) in [4.78, 5) is 34.0. The van der Waals surface area contributed by atoms with E-state index >= 15 is 0 Å². The highest BCUT2D eigenvalue weighted by Crippen LogP contribution is 2.25. The Morgan fingerprint density at radius 1 is 1.14 bits per heavy atom. The first-order chi connectivity index (χ1) is 13.3. The van der Waals surface area contributed by atoms with Gasteiger partial charge in [0, 0.05) is 28.8 Å². The molecule has 0 saturated heterocycles. The van der Waals surface area contributed by atoms with Crippen molar-refractivity contribution < 1.29 is 23.7 Å². The van der Waals surface area contributed by atoms with Crippen LogP contribution in [-0.4, -0.2) is 23.4 Å². The van der Waals surface area contributed by atoms with E-state index in [2.05, 4.69) is 5.32 Å². The Morgan fingerprint density at radius 2 is 1.82 bits per heavy atom. The zero-order valence-electron chi connectivity index (χ0n) is 15.4. The molecule has 8 nitrogen and oxygen atoms in total. The number of nitrogens with one attached hydrogen (secondary N) is 1. The number of nitro groups is 1. The lowest BCUT2D eigenvalue weighted by Crippen LogP contribution is -2.21. The molecule has 144 valence electrons. The summed E-state index contributed by atoms with van der Waals surface area (Å²) >= 11 is 0. The van der Waals surface area contributed by atoms with Crippen LogP contribution in [0.15, 0.2) is 47.1 Å². The number of furan rings is 1. The molecule has 1 heterocycles. The van der Waals surface area contributed by atoms with Crippen LogP contribution in [0.4, 0.5) is 11.4 Å². The number of hydrogen-bond donors (Lipinski definition) is 1. The molecule has 0 atom stereocenters. The fourth-order valence-corrected chi connectivity index (χ4v) is 2.69. The van der Waals surface area contributed by atoms with E-state index in [1.54, 1.807) is 0 Å². The van der Waals surface area contributed by atoms with Crippen molar-refractivity contribution in [1.29, 1.82) is 0 Å². The topological polar surface area (TPSA) is 112 Å². The van der Waals surface area contributed by atoms with Gasteiger partial charge in [0.05, 0.1) is 17.6 Å². The highest BCUT2D eigenvalue weighted by atomic mass is 16.6. The van der Waals surface area contributed by atoms with Gasteiger partial charge in [0.25, 0.3) is 11.6 Å². The molecule has 1 amide bonds. The number of anilines is 1. The summed E-state index contributed by atoms with van der Waals surface area (Å²) < 4.78 is 10.5. The van der Waals surface area contributed by atoms with Crippen LogP contribution >= 0.6 is 0 Å². The van der Waals surface area contributed by atoms with Crippen molar-refractivity contribution in [2.45, 2.75) is 20.3 Å². The SMILES string of the molecule is Cc1cc2occ(CC(=O)OCC(=O)Nc3ccc([N+](=O)[O-])cc3)c2cc1C. The van der Waals surface area contributed by atoms with Crippen LogP contribution in [0.5, 0.6) is 0 Å². The van der Waals surface area contributed by atoms with Crippen LogP contribution in [0.25, 0.3) is 11.0 Å². The lowest BCUT2D eigenvalue weighted by Gasteiger charge is -2.06. The summed E-state index contributed by atoms with van der Waals surface area (Å²) in [5, 5.41) is 14.0. The molecule has 1 N–H and O–H groups in total. The molecule has 1 aromatic heterocycles. The molecule has 0 fully saturated rings. The van der Waals surface area contributed by atoms with Gasteiger partial charge in [0.15, 0.2) is 6.61 Å². The van der Waals surface area contributed by atoms with Crippen LogP contribution in [0.3, 0.4) is 0 Å². The second-order valence-corrected chi connectivity index (χ2v) is 6.38. The molecule has 0 radical (unpaired) electrons. The Labute approximate surface area is 160 Å². The number of fused-ring (bicyclic) bond motifs is 1. The molecule has 0 unspecified atom stereocenters. The van der Waals surface area contributed by atoms with Crippen molar-refractivity contribution in [2.75, 3.05) is 11.9 Å². The lowest BCUT2D eigenvalue weighted by molar-refractivity contribution is -0.384. The number of amides is 1. The van der Waals surface area contributed by atoms with Crippen molar-refractivity contribution in [1.82, 2.24) is 0 Å². The van der Waals surface area contributed by atoms with Crippen molar-refractivity contribution in [3.05, 3.63) is 69.5 Å². The van der Waals surface area contributed by atoms with E-state index in [4.69, 9.17) is 9.15 Å². The van der Waals surface area contributed by atoms with Gasteiger partial charge in [-0.25, -0.2) is 0 Å². The number of benzene rings is 2. The van der Waals surface area contributed by atoms with Crippen molar-refractivity contribution in [3.8, 4) is 0 Å². The summed E-state index contributed by atoms with van der Waals surface area (Å²) in [7, 11) is 0. The Bertz CT molecular complexity index is 1050. The van der Waals surface area contributed by atoms with Gasteiger partial charge in [-0.05, 0) is 49.2 Å². The fourth-order valence-electron chi connectivity index (χ4n) is 2.69. The van der Waals surface area contributed by atoms with E-state index in [9.17, 15) is 19.7 Å². The minimum Gasteiger partial charge on any atom is -0.464 e. The number of ether oxygens (including phenoxy) is 1. The lowest BCUT2D eigenvalue weighted by atomic mass is 10.0. The van der Waals surface area contributed by atoms with Crippen LogP contribution in [0, 0.1) is 24.0 Å². The number of hydrogen-bond acceptors (Lipinski definition) is 6. The second-order valence-electron chi connectivity index (χ2n) is 6.38. The first-order valence-corrected chi connectivity index (χ1v) is 8.51. The number of esters is 1. The molecule has 0 aliphatic heterocycles. The average Bonchev–Trinajstić information content (AvgIpc) is 3.02.